The molecule has 0 aliphatic heterocycles. The number of nitrogens with two attached hydrogens (primary N) is 1. The molecule has 3 rings (SSSR count). The van der Waals surface area contributed by atoms with E-state index in [2.05, 4.69) is 15.4 Å². The van der Waals surface area contributed by atoms with E-state index in [1.54, 1.807) is 6.20 Å². The molecule has 0 spiro atoms. The van der Waals surface area contributed by atoms with E-state index in [0.29, 0.717) is 0 Å². The topological polar surface area (TPSA) is 68.8 Å². The number of hydrogen-bond acceptors (Lipinski definition) is 4. The zero-order valence-electron chi connectivity index (χ0n) is 11.4. The minimum absolute atomic E-state index is 0.773. The largest absolute Gasteiger partial charge is 0.397 e. The molecule has 3 N–H and O–H groups in total. The van der Waals surface area contributed by atoms with Crippen molar-refractivity contribution in [1.82, 2.24) is 14.8 Å². The summed E-state index contributed by atoms with van der Waals surface area (Å²) in [6, 6.07) is 8.00. The van der Waals surface area contributed by atoms with Gasteiger partial charge in [-0.15, -0.1) is 0 Å². The van der Waals surface area contributed by atoms with Gasteiger partial charge in [0.25, 0.3) is 0 Å². The molecular formula is C15H17N5. The molecule has 0 aliphatic carbocycles. The van der Waals surface area contributed by atoms with Gasteiger partial charge in [0.2, 0.25) is 0 Å². The first-order chi connectivity index (χ1) is 9.75. The third-order valence-corrected chi connectivity index (χ3v) is 3.48. The number of aryl methyl sites for hydroxylation is 1. The molecule has 0 radical (unpaired) electrons. The highest BCUT2D eigenvalue weighted by Gasteiger charge is 2.04. The Morgan fingerprint density at radius 1 is 1.20 bits per heavy atom. The van der Waals surface area contributed by atoms with E-state index in [4.69, 9.17) is 5.73 Å². The van der Waals surface area contributed by atoms with Gasteiger partial charge in [-0.3, -0.25) is 9.67 Å². The molecule has 3 aromatic rings. The van der Waals surface area contributed by atoms with Crippen molar-refractivity contribution in [3.8, 4) is 0 Å². The summed E-state index contributed by atoms with van der Waals surface area (Å²) in [5.74, 6) is 0. The number of hydrogen-bond donors (Lipinski definition) is 2. The number of fused-ring (bicyclic) bond motifs is 1. The van der Waals surface area contributed by atoms with Crippen molar-refractivity contribution in [3.63, 3.8) is 0 Å². The molecule has 5 nitrogen and oxygen atoms in total. The molecule has 0 saturated heterocycles. The molecule has 0 saturated carbocycles. The highest BCUT2D eigenvalue weighted by molar-refractivity contribution is 5.98. The third-order valence-electron chi connectivity index (χ3n) is 3.48. The van der Waals surface area contributed by atoms with Gasteiger partial charge in [-0.25, -0.2) is 0 Å². The molecule has 102 valence electrons. The van der Waals surface area contributed by atoms with Crippen LogP contribution in [0.1, 0.15) is 5.69 Å². The van der Waals surface area contributed by atoms with Crippen LogP contribution in [0, 0.1) is 0 Å². The molecule has 2 aromatic heterocycles. The van der Waals surface area contributed by atoms with Crippen LogP contribution in [0.2, 0.25) is 0 Å². The van der Waals surface area contributed by atoms with E-state index < -0.39 is 0 Å². The van der Waals surface area contributed by atoms with Gasteiger partial charge in [-0.1, -0.05) is 6.07 Å². The van der Waals surface area contributed by atoms with Crippen molar-refractivity contribution in [3.05, 3.63) is 48.5 Å². The molecule has 0 aliphatic rings. The zero-order chi connectivity index (χ0) is 13.9. The second-order valence-corrected chi connectivity index (χ2v) is 4.75. The molecule has 0 atom stereocenters. The second kappa shape index (κ2) is 5.21. The van der Waals surface area contributed by atoms with E-state index >= 15 is 0 Å². The minimum atomic E-state index is 0.773. The van der Waals surface area contributed by atoms with Crippen molar-refractivity contribution >= 4 is 22.1 Å². The number of benzene rings is 1. The summed E-state index contributed by atoms with van der Waals surface area (Å²) in [5, 5.41) is 9.63. The van der Waals surface area contributed by atoms with E-state index in [0.717, 1.165) is 35.1 Å². The van der Waals surface area contributed by atoms with Gasteiger partial charge in [0.1, 0.15) is 0 Å². The summed E-state index contributed by atoms with van der Waals surface area (Å²) in [7, 11) is 1.95. The van der Waals surface area contributed by atoms with E-state index in [-0.39, 0.29) is 0 Å². The van der Waals surface area contributed by atoms with Crippen LogP contribution in [-0.4, -0.2) is 21.3 Å². The van der Waals surface area contributed by atoms with E-state index in [9.17, 15) is 0 Å². The van der Waals surface area contributed by atoms with Crippen LogP contribution in [0.4, 0.5) is 11.4 Å². The average Bonchev–Trinajstić information content (AvgIpc) is 2.87. The monoisotopic (exact) mass is 267 g/mol. The summed E-state index contributed by atoms with van der Waals surface area (Å²) >= 11 is 0. The maximum Gasteiger partial charge on any atom is 0.0630 e. The predicted molar refractivity (Wildman–Crippen MR) is 81.6 cm³/mol. The maximum atomic E-state index is 6.20. The smallest absolute Gasteiger partial charge is 0.0630 e. The van der Waals surface area contributed by atoms with Crippen LogP contribution < -0.4 is 11.1 Å². The molecule has 0 amide bonds. The molecule has 5 heteroatoms. The summed E-state index contributed by atoms with van der Waals surface area (Å²) in [6.07, 6.45) is 6.31. The number of pyridine rings is 1. The van der Waals surface area contributed by atoms with Gasteiger partial charge in [0.05, 0.1) is 11.4 Å². The van der Waals surface area contributed by atoms with Crippen molar-refractivity contribution in [1.29, 1.82) is 0 Å². The van der Waals surface area contributed by atoms with Crippen LogP contribution in [0.25, 0.3) is 10.8 Å². The van der Waals surface area contributed by atoms with Crippen LogP contribution in [-0.2, 0) is 13.5 Å². The quantitative estimate of drug-likeness (QED) is 0.711. The fourth-order valence-electron chi connectivity index (χ4n) is 2.32. The molecule has 1 aromatic carbocycles. The number of nitrogens with zero attached hydrogens (tertiary/aromatic N) is 3. The van der Waals surface area contributed by atoms with Crippen molar-refractivity contribution in [2.45, 2.75) is 6.42 Å². The fourth-order valence-corrected chi connectivity index (χ4v) is 2.32. The van der Waals surface area contributed by atoms with Crippen molar-refractivity contribution < 1.29 is 0 Å². The van der Waals surface area contributed by atoms with E-state index in [1.165, 1.54) is 5.69 Å². The summed E-state index contributed by atoms with van der Waals surface area (Å²) in [5.41, 5.74) is 9.13. The molecule has 0 fully saturated rings. The normalized spacial score (nSPS) is 10.8. The highest BCUT2D eigenvalue weighted by atomic mass is 15.3. The SMILES string of the molecule is Cn1nccc1CCNc1ccc2cnccc2c1N. The molecule has 2 heterocycles. The standard InChI is InChI=1S/C15H17N5/c1-20-12(5-9-19-20)4-8-18-14-3-2-11-10-17-7-6-13(11)15(14)16/h2-3,5-7,9-10,18H,4,8,16H2,1H3. The van der Waals surface area contributed by atoms with Crippen LogP contribution in [0.15, 0.2) is 42.9 Å². The number of anilines is 2. The Bertz CT molecular complexity index is 732. The number of nitrogens with one attached hydrogen (secondary N) is 1. The number of nitrogen functional groups attached to an aromatic ring is 1. The summed E-state index contributed by atoms with van der Waals surface area (Å²) < 4.78 is 1.89. The Morgan fingerprint density at radius 2 is 2.10 bits per heavy atom. The van der Waals surface area contributed by atoms with Crippen LogP contribution in [0.3, 0.4) is 0 Å². The summed E-state index contributed by atoms with van der Waals surface area (Å²) in [6.45, 7) is 0.820. The lowest BCUT2D eigenvalue weighted by molar-refractivity contribution is 0.711. The fraction of sp³-hybridized carbons (Fsp3) is 0.200. The van der Waals surface area contributed by atoms with Crippen LogP contribution in [0.5, 0.6) is 0 Å². The minimum Gasteiger partial charge on any atom is -0.397 e. The Morgan fingerprint density at radius 3 is 2.90 bits per heavy atom. The van der Waals surface area contributed by atoms with Gasteiger partial charge in [0, 0.05) is 55.1 Å². The number of aromatic nitrogens is 3. The molecular weight excluding hydrogens is 250 g/mol. The zero-order valence-corrected chi connectivity index (χ0v) is 11.4. The van der Waals surface area contributed by atoms with Crippen LogP contribution >= 0.6 is 0 Å². The predicted octanol–water partition coefficient (Wildman–Crippen LogP) is 2.21. The van der Waals surface area contributed by atoms with Gasteiger partial charge in [-0.2, -0.15) is 5.10 Å². The van der Waals surface area contributed by atoms with Crippen molar-refractivity contribution in [2.75, 3.05) is 17.6 Å². The average molecular weight is 267 g/mol. The number of rotatable bonds is 4. The third kappa shape index (κ3) is 2.30. The van der Waals surface area contributed by atoms with Gasteiger partial charge < -0.3 is 11.1 Å². The molecule has 0 unspecified atom stereocenters. The lowest BCUT2D eigenvalue weighted by Crippen LogP contribution is -2.09. The lowest BCUT2D eigenvalue weighted by Gasteiger charge is -2.11. The lowest BCUT2D eigenvalue weighted by atomic mass is 10.1. The Kier molecular flexibility index (Phi) is 3.25. The first-order valence-corrected chi connectivity index (χ1v) is 6.58. The van der Waals surface area contributed by atoms with Gasteiger partial charge >= 0.3 is 0 Å². The van der Waals surface area contributed by atoms with Gasteiger partial charge in [0.15, 0.2) is 0 Å². The maximum absolute atomic E-state index is 6.20. The molecule has 20 heavy (non-hydrogen) atoms. The van der Waals surface area contributed by atoms with Crippen molar-refractivity contribution in [2.24, 2.45) is 7.05 Å². The first kappa shape index (κ1) is 12.5. The molecule has 0 bridgehead atoms. The second-order valence-electron chi connectivity index (χ2n) is 4.75. The highest BCUT2D eigenvalue weighted by Crippen LogP contribution is 2.27. The van der Waals surface area contributed by atoms with E-state index in [1.807, 2.05) is 48.4 Å². The summed E-state index contributed by atoms with van der Waals surface area (Å²) in [4.78, 5) is 4.10. The first-order valence-electron chi connectivity index (χ1n) is 6.58. The van der Waals surface area contributed by atoms with Gasteiger partial charge in [-0.05, 0) is 18.2 Å². The Labute approximate surface area is 117 Å². The Hall–Kier alpha value is -2.56. The Balaban J connectivity index is 1.75.